The van der Waals surface area contributed by atoms with Gasteiger partial charge in [-0.1, -0.05) is 30.3 Å². The van der Waals surface area contributed by atoms with Crippen molar-refractivity contribution in [3.63, 3.8) is 0 Å². The molecule has 0 saturated carbocycles. The molecule has 6 rings (SSSR count). The molecule has 0 fully saturated rings. The van der Waals surface area contributed by atoms with Gasteiger partial charge in [0.05, 0.1) is 22.2 Å². The number of carbonyl (C=O) groups is 1. The summed E-state index contributed by atoms with van der Waals surface area (Å²) in [5, 5.41) is 10.6. The van der Waals surface area contributed by atoms with Crippen molar-refractivity contribution >= 4 is 16.7 Å². The number of aromatic nitrogens is 2. The van der Waals surface area contributed by atoms with E-state index in [0.29, 0.717) is 58.6 Å². The molecule has 31 heavy (non-hydrogen) atoms. The van der Waals surface area contributed by atoms with Gasteiger partial charge in [0.15, 0.2) is 5.78 Å². The zero-order valence-electron chi connectivity index (χ0n) is 16.4. The molecule has 3 aliphatic rings. The van der Waals surface area contributed by atoms with Crippen LogP contribution in [0, 0.1) is 11.3 Å². The number of ketones is 1. The average molecular weight is 408 g/mol. The quantitative estimate of drug-likeness (QED) is 0.612. The van der Waals surface area contributed by atoms with Crippen LogP contribution < -0.4 is 11.3 Å². The topological polar surface area (TPSA) is 111 Å². The molecule has 1 aromatic heterocycles. The molecule has 7 heteroatoms. The fourth-order valence-corrected chi connectivity index (χ4v) is 5.17. The van der Waals surface area contributed by atoms with Crippen LogP contribution in [0.1, 0.15) is 30.7 Å². The van der Waals surface area contributed by atoms with Crippen molar-refractivity contribution in [1.82, 2.24) is 9.55 Å². The van der Waals surface area contributed by atoms with E-state index in [1.54, 1.807) is 30.3 Å². The summed E-state index contributed by atoms with van der Waals surface area (Å²) in [6.07, 6.45) is 1.51. The fourth-order valence-electron chi connectivity index (χ4n) is 5.17. The largest absolute Gasteiger partial charge is 0.444 e. The van der Waals surface area contributed by atoms with Crippen molar-refractivity contribution < 1.29 is 9.53 Å². The minimum absolute atomic E-state index is 0.0541. The second-order valence-electron chi connectivity index (χ2n) is 7.89. The Balaban J connectivity index is 1.88. The molecule has 1 spiro atoms. The predicted octanol–water partition coefficient (Wildman–Crippen LogP) is 2.72. The molecular weight excluding hydrogens is 392 g/mol. The summed E-state index contributed by atoms with van der Waals surface area (Å²) in [4.78, 5) is 31.7. The highest BCUT2D eigenvalue weighted by atomic mass is 16.5. The first-order valence-corrected chi connectivity index (χ1v) is 10.1. The zero-order chi connectivity index (χ0) is 21.3. The fraction of sp³-hybridized carbons (Fsp3) is 0.167. The number of rotatable bonds is 0. The number of ether oxygens (including phenoxy) is 1. The Morgan fingerprint density at radius 3 is 2.71 bits per heavy atom. The predicted molar refractivity (Wildman–Crippen MR) is 112 cm³/mol. The Hall–Kier alpha value is -4.18. The Kier molecular flexibility index (Phi) is 3.37. The molecule has 2 aromatic carbocycles. The van der Waals surface area contributed by atoms with E-state index in [9.17, 15) is 14.9 Å². The first kappa shape index (κ1) is 17.7. The summed E-state index contributed by atoms with van der Waals surface area (Å²) >= 11 is 0. The minimum Gasteiger partial charge on any atom is -0.444 e. The first-order chi connectivity index (χ1) is 15.1. The second-order valence-corrected chi connectivity index (χ2v) is 7.89. The van der Waals surface area contributed by atoms with Gasteiger partial charge in [0.25, 0.3) is 5.56 Å². The van der Waals surface area contributed by atoms with Crippen LogP contribution in [0.3, 0.4) is 0 Å². The van der Waals surface area contributed by atoms with Crippen molar-refractivity contribution in [2.24, 2.45) is 5.73 Å². The maximum Gasteiger partial charge on any atom is 0.266 e. The lowest BCUT2D eigenvalue weighted by Crippen LogP contribution is -2.43. The highest BCUT2D eigenvalue weighted by Gasteiger charge is 2.58. The number of benzene rings is 2. The summed E-state index contributed by atoms with van der Waals surface area (Å²) in [7, 11) is 0. The molecule has 0 bridgehead atoms. The normalized spacial score (nSPS) is 21.6. The summed E-state index contributed by atoms with van der Waals surface area (Å²) in [6.45, 7) is 0. The Morgan fingerprint density at radius 1 is 1.10 bits per heavy atom. The van der Waals surface area contributed by atoms with Gasteiger partial charge in [-0.2, -0.15) is 5.26 Å². The number of hydrogen-bond donors (Lipinski definition) is 1. The third-order valence-corrected chi connectivity index (χ3v) is 6.37. The minimum atomic E-state index is -1.37. The van der Waals surface area contributed by atoms with E-state index in [4.69, 9.17) is 15.5 Å². The van der Waals surface area contributed by atoms with E-state index in [1.807, 2.05) is 18.2 Å². The average Bonchev–Trinajstić information content (AvgIpc) is 3.05. The summed E-state index contributed by atoms with van der Waals surface area (Å²) in [6, 6.07) is 16.5. The number of nitrogens with zero attached hydrogens (tertiary/aromatic N) is 3. The molecule has 1 atom stereocenters. The number of carbonyl (C=O) groups excluding carboxylic acids is 1. The van der Waals surface area contributed by atoms with Crippen LogP contribution in [0.5, 0.6) is 0 Å². The number of para-hydroxylation sites is 2. The van der Waals surface area contributed by atoms with E-state index in [1.165, 1.54) is 4.57 Å². The van der Waals surface area contributed by atoms with Crippen LogP contribution in [0.15, 0.2) is 76.1 Å². The molecular formula is C24H16N4O3. The molecule has 3 aromatic rings. The lowest BCUT2D eigenvalue weighted by molar-refractivity contribution is -0.117. The number of allylic oxidation sites excluding steroid dienone is 3. The van der Waals surface area contributed by atoms with Crippen LogP contribution in [0.4, 0.5) is 0 Å². The third-order valence-electron chi connectivity index (χ3n) is 6.37. The standard InChI is InChI=1S/C24H16N4O3/c25-12-15-21(26)31-19-11-5-10-18(29)20(19)24(15)14-7-2-4-9-17(14)28-22(30)13-6-1-3-8-16(13)27-23(24)28/h1-4,6-9H,5,10-11,26H2. The van der Waals surface area contributed by atoms with Gasteiger partial charge in [0.1, 0.15) is 28.6 Å². The van der Waals surface area contributed by atoms with E-state index < -0.39 is 5.41 Å². The first-order valence-electron chi connectivity index (χ1n) is 10.1. The van der Waals surface area contributed by atoms with Gasteiger partial charge in [-0.25, -0.2) is 4.98 Å². The van der Waals surface area contributed by atoms with E-state index in [2.05, 4.69) is 6.07 Å². The van der Waals surface area contributed by atoms with Gasteiger partial charge in [-0.3, -0.25) is 14.2 Å². The van der Waals surface area contributed by atoms with E-state index in [0.717, 1.165) is 0 Å². The summed E-state index contributed by atoms with van der Waals surface area (Å²) in [5.41, 5.74) is 6.79. The highest BCUT2D eigenvalue weighted by molar-refractivity contribution is 6.03. The van der Waals surface area contributed by atoms with Gasteiger partial charge in [-0.15, -0.1) is 0 Å². The molecule has 1 unspecified atom stereocenters. The van der Waals surface area contributed by atoms with Crippen molar-refractivity contribution in [2.75, 3.05) is 0 Å². The number of hydrogen-bond acceptors (Lipinski definition) is 6. The molecule has 1 aliphatic carbocycles. The smallest absolute Gasteiger partial charge is 0.266 e. The summed E-state index contributed by atoms with van der Waals surface area (Å²) < 4.78 is 7.29. The third kappa shape index (κ3) is 1.99. The van der Waals surface area contributed by atoms with Gasteiger partial charge < -0.3 is 10.5 Å². The second kappa shape index (κ2) is 5.92. The lowest BCUT2D eigenvalue weighted by atomic mass is 9.65. The van der Waals surface area contributed by atoms with Crippen molar-refractivity contribution in [3.05, 3.63) is 93.1 Å². The molecule has 150 valence electrons. The van der Waals surface area contributed by atoms with Gasteiger partial charge >= 0.3 is 0 Å². The molecule has 0 radical (unpaired) electrons. The highest BCUT2D eigenvalue weighted by Crippen LogP contribution is 2.56. The maximum atomic E-state index is 13.6. The van der Waals surface area contributed by atoms with E-state index in [-0.39, 0.29) is 22.8 Å². The number of nitrogens with two attached hydrogens (primary N) is 1. The Bertz CT molecular complexity index is 1510. The van der Waals surface area contributed by atoms with Crippen LogP contribution in [-0.4, -0.2) is 15.3 Å². The number of fused-ring (bicyclic) bond motifs is 7. The van der Waals surface area contributed by atoms with E-state index >= 15 is 0 Å². The number of Topliss-reactive ketones (excluding diaryl/α,β-unsaturated/α-hetero) is 1. The van der Waals surface area contributed by atoms with Crippen LogP contribution in [0.2, 0.25) is 0 Å². The van der Waals surface area contributed by atoms with Crippen LogP contribution in [-0.2, 0) is 14.9 Å². The Labute approximate surface area is 176 Å². The molecule has 0 amide bonds. The van der Waals surface area contributed by atoms with Gasteiger partial charge in [0, 0.05) is 18.4 Å². The molecule has 0 saturated heterocycles. The van der Waals surface area contributed by atoms with Crippen LogP contribution >= 0.6 is 0 Å². The van der Waals surface area contributed by atoms with Crippen molar-refractivity contribution in [1.29, 1.82) is 5.26 Å². The molecule has 3 heterocycles. The maximum absolute atomic E-state index is 13.6. The zero-order valence-corrected chi connectivity index (χ0v) is 16.4. The SMILES string of the molecule is N#CC1=C(N)OC2=C(C(=O)CCC2)C12c1ccccc1-n1c2nc2ccccc2c1=O. The lowest BCUT2D eigenvalue weighted by Gasteiger charge is -2.38. The van der Waals surface area contributed by atoms with Gasteiger partial charge in [-0.05, 0) is 24.6 Å². The molecule has 7 nitrogen and oxygen atoms in total. The van der Waals surface area contributed by atoms with Gasteiger partial charge in [0.2, 0.25) is 5.88 Å². The van der Waals surface area contributed by atoms with Crippen molar-refractivity contribution in [3.8, 4) is 11.8 Å². The molecule has 2 N–H and O–H groups in total. The van der Waals surface area contributed by atoms with Crippen molar-refractivity contribution in [2.45, 2.75) is 24.7 Å². The summed E-state index contributed by atoms with van der Waals surface area (Å²) in [5.74, 6) is 0.593. The Morgan fingerprint density at radius 2 is 1.87 bits per heavy atom. The molecule has 2 aliphatic heterocycles. The number of nitriles is 1. The monoisotopic (exact) mass is 408 g/mol. The van der Waals surface area contributed by atoms with Crippen LogP contribution in [0.25, 0.3) is 16.6 Å².